The highest BCUT2D eigenvalue weighted by molar-refractivity contribution is 9.10. The Morgan fingerprint density at radius 2 is 2.19 bits per heavy atom. The number of halogens is 3. The summed E-state index contributed by atoms with van der Waals surface area (Å²) in [6.45, 7) is 0.420. The zero-order valence-corrected chi connectivity index (χ0v) is 11.2. The van der Waals surface area contributed by atoms with E-state index in [9.17, 15) is 4.39 Å². The fourth-order valence-electron chi connectivity index (χ4n) is 1.16. The zero-order valence-electron chi connectivity index (χ0n) is 8.04. The minimum absolute atomic E-state index is 0.285. The molecular formula is C11H7BrClFOS. The predicted molar refractivity (Wildman–Crippen MR) is 67.8 cm³/mol. The highest BCUT2D eigenvalue weighted by atomic mass is 79.9. The van der Waals surface area contributed by atoms with E-state index < -0.39 is 0 Å². The second-order valence-corrected chi connectivity index (χ2v) is 5.32. The van der Waals surface area contributed by atoms with Gasteiger partial charge in [-0.3, -0.25) is 0 Å². The highest BCUT2D eigenvalue weighted by Gasteiger charge is 2.06. The van der Waals surface area contributed by atoms with Gasteiger partial charge in [-0.15, -0.1) is 11.3 Å². The fraction of sp³-hybridized carbons (Fsp3) is 0.0909. The molecule has 1 aromatic carbocycles. The van der Waals surface area contributed by atoms with Crippen LogP contribution in [-0.4, -0.2) is 0 Å². The van der Waals surface area contributed by atoms with Gasteiger partial charge in [0.1, 0.15) is 18.2 Å². The van der Waals surface area contributed by atoms with Gasteiger partial charge in [-0.25, -0.2) is 4.39 Å². The SMILES string of the molecule is Fc1ccc(OCc2sccc2Br)c(Cl)c1. The molecule has 1 heterocycles. The molecule has 2 aromatic rings. The van der Waals surface area contributed by atoms with Crippen molar-refractivity contribution in [2.75, 3.05) is 0 Å². The van der Waals surface area contributed by atoms with Crippen LogP contribution in [0.2, 0.25) is 5.02 Å². The third kappa shape index (κ3) is 2.75. The summed E-state index contributed by atoms with van der Waals surface area (Å²) in [4.78, 5) is 1.07. The first kappa shape index (κ1) is 11.9. The maximum atomic E-state index is 12.8. The number of benzene rings is 1. The van der Waals surface area contributed by atoms with E-state index in [1.54, 1.807) is 11.3 Å². The van der Waals surface area contributed by atoms with E-state index in [2.05, 4.69) is 15.9 Å². The van der Waals surface area contributed by atoms with Crippen LogP contribution in [0, 0.1) is 5.82 Å². The topological polar surface area (TPSA) is 9.23 Å². The molecule has 1 aromatic heterocycles. The van der Waals surface area contributed by atoms with Crippen molar-refractivity contribution in [2.45, 2.75) is 6.61 Å². The van der Waals surface area contributed by atoms with Crippen molar-refractivity contribution >= 4 is 38.9 Å². The molecule has 0 saturated heterocycles. The number of hydrogen-bond acceptors (Lipinski definition) is 2. The molecule has 16 heavy (non-hydrogen) atoms. The molecule has 0 aliphatic rings. The largest absolute Gasteiger partial charge is 0.486 e. The number of rotatable bonds is 3. The molecule has 0 unspecified atom stereocenters. The van der Waals surface area contributed by atoms with Crippen LogP contribution in [-0.2, 0) is 6.61 Å². The third-order valence-corrected chi connectivity index (χ3v) is 4.14. The van der Waals surface area contributed by atoms with E-state index >= 15 is 0 Å². The van der Waals surface area contributed by atoms with Crippen molar-refractivity contribution < 1.29 is 9.13 Å². The van der Waals surface area contributed by atoms with Gasteiger partial charge in [-0.05, 0) is 45.6 Å². The first-order valence-corrected chi connectivity index (χ1v) is 6.51. The maximum Gasteiger partial charge on any atom is 0.138 e. The number of ether oxygens (including phenoxy) is 1. The molecule has 0 saturated carbocycles. The molecule has 0 fully saturated rings. The average molecular weight is 322 g/mol. The maximum absolute atomic E-state index is 12.8. The van der Waals surface area contributed by atoms with Crippen LogP contribution in [0.5, 0.6) is 5.75 Å². The molecule has 0 atom stereocenters. The van der Waals surface area contributed by atoms with E-state index in [1.165, 1.54) is 18.2 Å². The van der Waals surface area contributed by atoms with Crippen LogP contribution in [0.1, 0.15) is 4.88 Å². The van der Waals surface area contributed by atoms with Gasteiger partial charge in [0.15, 0.2) is 0 Å². The van der Waals surface area contributed by atoms with E-state index in [0.29, 0.717) is 12.4 Å². The molecule has 0 N–H and O–H groups in total. The molecule has 84 valence electrons. The summed E-state index contributed by atoms with van der Waals surface area (Å²) in [6.07, 6.45) is 0. The molecular weight excluding hydrogens is 315 g/mol. The van der Waals surface area contributed by atoms with Crippen LogP contribution in [0.25, 0.3) is 0 Å². The lowest BCUT2D eigenvalue weighted by molar-refractivity contribution is 0.309. The molecule has 2 rings (SSSR count). The predicted octanol–water partition coefficient (Wildman–Crippen LogP) is 4.88. The molecule has 0 bridgehead atoms. The Morgan fingerprint density at radius 1 is 1.38 bits per heavy atom. The van der Waals surface area contributed by atoms with Crippen molar-refractivity contribution in [3.05, 3.63) is 49.8 Å². The van der Waals surface area contributed by atoms with Gasteiger partial charge in [-0.1, -0.05) is 11.6 Å². The first-order valence-electron chi connectivity index (χ1n) is 4.46. The Labute approximate surface area is 110 Å². The van der Waals surface area contributed by atoms with Crippen LogP contribution in [0.15, 0.2) is 34.1 Å². The summed E-state index contributed by atoms with van der Waals surface area (Å²) in [6, 6.07) is 6.04. The minimum atomic E-state index is -0.366. The summed E-state index contributed by atoms with van der Waals surface area (Å²) in [7, 11) is 0. The summed E-state index contributed by atoms with van der Waals surface area (Å²) in [5.41, 5.74) is 0. The van der Waals surface area contributed by atoms with E-state index in [0.717, 1.165) is 9.35 Å². The molecule has 0 amide bonds. The van der Waals surface area contributed by atoms with E-state index in [-0.39, 0.29) is 10.8 Å². The number of hydrogen-bond donors (Lipinski definition) is 0. The minimum Gasteiger partial charge on any atom is -0.486 e. The van der Waals surface area contributed by atoms with Gasteiger partial charge in [0, 0.05) is 4.47 Å². The second kappa shape index (κ2) is 5.17. The Kier molecular flexibility index (Phi) is 3.84. The van der Waals surface area contributed by atoms with Gasteiger partial charge >= 0.3 is 0 Å². The second-order valence-electron chi connectivity index (χ2n) is 3.06. The lowest BCUT2D eigenvalue weighted by Gasteiger charge is -2.06. The monoisotopic (exact) mass is 320 g/mol. The lowest BCUT2D eigenvalue weighted by atomic mass is 10.3. The summed E-state index contributed by atoms with van der Waals surface area (Å²) in [5.74, 6) is 0.123. The highest BCUT2D eigenvalue weighted by Crippen LogP contribution is 2.28. The number of thiophene rings is 1. The summed E-state index contributed by atoms with van der Waals surface area (Å²) >= 11 is 10.8. The van der Waals surface area contributed by atoms with Gasteiger partial charge < -0.3 is 4.74 Å². The van der Waals surface area contributed by atoms with E-state index in [4.69, 9.17) is 16.3 Å². The fourth-order valence-corrected chi connectivity index (χ4v) is 2.76. The van der Waals surface area contributed by atoms with Crippen LogP contribution in [0.4, 0.5) is 4.39 Å². The Balaban J connectivity index is 2.08. The van der Waals surface area contributed by atoms with Crippen molar-refractivity contribution in [1.29, 1.82) is 0 Å². The Bertz CT molecular complexity index is 500. The van der Waals surface area contributed by atoms with Gasteiger partial charge in [-0.2, -0.15) is 0 Å². The summed E-state index contributed by atoms with van der Waals surface area (Å²) < 4.78 is 19.3. The van der Waals surface area contributed by atoms with Crippen LogP contribution < -0.4 is 4.74 Å². The normalized spacial score (nSPS) is 10.4. The first-order chi connectivity index (χ1) is 7.66. The quantitative estimate of drug-likeness (QED) is 0.782. The molecule has 0 aliphatic carbocycles. The van der Waals surface area contributed by atoms with Gasteiger partial charge in [0.25, 0.3) is 0 Å². The third-order valence-electron chi connectivity index (χ3n) is 1.94. The van der Waals surface area contributed by atoms with Crippen molar-refractivity contribution in [3.8, 4) is 5.75 Å². The summed E-state index contributed by atoms with van der Waals surface area (Å²) in [5, 5.41) is 2.25. The smallest absolute Gasteiger partial charge is 0.138 e. The van der Waals surface area contributed by atoms with Crippen molar-refractivity contribution in [3.63, 3.8) is 0 Å². The molecule has 5 heteroatoms. The van der Waals surface area contributed by atoms with Crippen LogP contribution in [0.3, 0.4) is 0 Å². The van der Waals surface area contributed by atoms with Gasteiger partial charge in [0.05, 0.1) is 9.90 Å². The van der Waals surface area contributed by atoms with Crippen molar-refractivity contribution in [1.82, 2.24) is 0 Å². The van der Waals surface area contributed by atoms with Crippen molar-refractivity contribution in [2.24, 2.45) is 0 Å². The molecule has 0 aliphatic heterocycles. The van der Waals surface area contributed by atoms with E-state index in [1.807, 2.05) is 11.4 Å². The lowest BCUT2D eigenvalue weighted by Crippen LogP contribution is -1.94. The standard InChI is InChI=1S/C11H7BrClFOS/c12-8-3-4-16-11(8)6-15-10-2-1-7(14)5-9(10)13/h1-5H,6H2. The Hall–Kier alpha value is -0.580. The Morgan fingerprint density at radius 3 is 2.81 bits per heavy atom. The van der Waals surface area contributed by atoms with Gasteiger partial charge in [0.2, 0.25) is 0 Å². The molecule has 0 radical (unpaired) electrons. The van der Waals surface area contributed by atoms with Crippen LogP contribution >= 0.6 is 38.9 Å². The average Bonchev–Trinajstić information content (AvgIpc) is 2.63. The molecule has 1 nitrogen and oxygen atoms in total. The molecule has 0 spiro atoms. The zero-order chi connectivity index (χ0) is 11.5.